The highest BCUT2D eigenvalue weighted by molar-refractivity contribution is 5.92. The highest BCUT2D eigenvalue weighted by Crippen LogP contribution is 2.19. The summed E-state index contributed by atoms with van der Waals surface area (Å²) >= 11 is 0. The molecular formula is C13H14N2O3. The topological polar surface area (TPSA) is 53.4 Å². The molecule has 94 valence electrons. The quantitative estimate of drug-likeness (QED) is 0.772. The maximum atomic E-state index is 11.5. The molecule has 0 radical (unpaired) electrons. The molecule has 0 spiro atoms. The summed E-state index contributed by atoms with van der Waals surface area (Å²) in [6, 6.07) is 6.97. The number of benzene rings is 1. The first-order valence-corrected chi connectivity index (χ1v) is 5.48. The minimum absolute atomic E-state index is 0.303. The fourth-order valence-corrected chi connectivity index (χ4v) is 1.55. The normalized spacial score (nSPS) is 10.1. The van der Waals surface area contributed by atoms with Gasteiger partial charge in [-0.15, -0.1) is 0 Å². The third kappa shape index (κ3) is 2.51. The Labute approximate surface area is 105 Å². The van der Waals surface area contributed by atoms with Gasteiger partial charge in [-0.1, -0.05) is 12.1 Å². The molecule has 1 heterocycles. The molecular weight excluding hydrogens is 232 g/mol. The number of ether oxygens (including phenoxy) is 2. The highest BCUT2D eigenvalue weighted by atomic mass is 16.5. The van der Waals surface area contributed by atoms with Crippen LogP contribution in [0.3, 0.4) is 0 Å². The van der Waals surface area contributed by atoms with Crippen molar-refractivity contribution in [3.63, 3.8) is 0 Å². The summed E-state index contributed by atoms with van der Waals surface area (Å²) < 4.78 is 12.2. The van der Waals surface area contributed by atoms with E-state index in [9.17, 15) is 4.79 Å². The first-order chi connectivity index (χ1) is 8.72. The van der Waals surface area contributed by atoms with Crippen LogP contribution < -0.4 is 4.74 Å². The average Bonchev–Trinajstić information content (AvgIpc) is 2.81. The van der Waals surface area contributed by atoms with E-state index in [1.807, 2.05) is 17.8 Å². The van der Waals surface area contributed by atoms with Crippen molar-refractivity contribution in [1.82, 2.24) is 9.55 Å². The van der Waals surface area contributed by atoms with E-state index < -0.39 is 5.97 Å². The molecule has 5 nitrogen and oxygen atoms in total. The number of para-hydroxylation sites is 1. The Balaban J connectivity index is 2.14. The molecule has 0 saturated heterocycles. The lowest BCUT2D eigenvalue weighted by Crippen LogP contribution is -2.07. The lowest BCUT2D eigenvalue weighted by molar-refractivity contribution is 0.0595. The molecule has 0 fully saturated rings. The zero-order valence-electron chi connectivity index (χ0n) is 10.3. The van der Waals surface area contributed by atoms with Gasteiger partial charge in [-0.25, -0.2) is 9.78 Å². The monoisotopic (exact) mass is 246 g/mol. The summed E-state index contributed by atoms with van der Waals surface area (Å²) in [5.74, 6) is 0.868. The van der Waals surface area contributed by atoms with Gasteiger partial charge in [-0.3, -0.25) is 0 Å². The van der Waals surface area contributed by atoms with Gasteiger partial charge in [0.2, 0.25) is 0 Å². The van der Waals surface area contributed by atoms with Crippen molar-refractivity contribution >= 4 is 5.97 Å². The number of esters is 1. The molecule has 0 aliphatic carbocycles. The predicted octanol–water partition coefficient (Wildman–Crippen LogP) is 1.79. The van der Waals surface area contributed by atoms with Crippen LogP contribution in [-0.4, -0.2) is 22.6 Å². The van der Waals surface area contributed by atoms with Crippen molar-refractivity contribution in [2.24, 2.45) is 7.05 Å². The Morgan fingerprint density at radius 1 is 1.39 bits per heavy atom. The first kappa shape index (κ1) is 12.2. The van der Waals surface area contributed by atoms with Crippen LogP contribution in [0.1, 0.15) is 16.2 Å². The van der Waals surface area contributed by atoms with E-state index in [4.69, 9.17) is 9.47 Å². The van der Waals surface area contributed by atoms with Crippen LogP contribution in [0.2, 0.25) is 0 Å². The number of methoxy groups -OCH3 is 1. The summed E-state index contributed by atoms with van der Waals surface area (Å²) in [6.07, 6.45) is 3.54. The number of imidazole rings is 1. The van der Waals surface area contributed by atoms with Crippen LogP contribution in [0.4, 0.5) is 0 Å². The number of aromatic nitrogens is 2. The summed E-state index contributed by atoms with van der Waals surface area (Å²) in [7, 11) is 3.23. The number of hydrogen-bond acceptors (Lipinski definition) is 4. The van der Waals surface area contributed by atoms with Gasteiger partial charge < -0.3 is 14.0 Å². The van der Waals surface area contributed by atoms with Crippen LogP contribution >= 0.6 is 0 Å². The Morgan fingerprint density at radius 2 is 2.17 bits per heavy atom. The van der Waals surface area contributed by atoms with Gasteiger partial charge in [0.25, 0.3) is 0 Å². The lowest BCUT2D eigenvalue weighted by Gasteiger charge is -2.09. The van der Waals surface area contributed by atoms with E-state index in [2.05, 4.69) is 4.98 Å². The molecule has 0 atom stereocenters. The Morgan fingerprint density at radius 3 is 2.83 bits per heavy atom. The van der Waals surface area contributed by atoms with Gasteiger partial charge in [0.05, 0.1) is 7.11 Å². The lowest BCUT2D eigenvalue weighted by atomic mass is 10.2. The molecule has 0 aliphatic rings. The maximum absolute atomic E-state index is 11.5. The second-order valence-electron chi connectivity index (χ2n) is 3.73. The molecule has 2 rings (SSSR count). The maximum Gasteiger partial charge on any atom is 0.341 e. The molecule has 18 heavy (non-hydrogen) atoms. The Kier molecular flexibility index (Phi) is 3.62. The van der Waals surface area contributed by atoms with Crippen LogP contribution in [0.15, 0.2) is 36.7 Å². The fourth-order valence-electron chi connectivity index (χ4n) is 1.55. The summed E-state index contributed by atoms with van der Waals surface area (Å²) in [6.45, 7) is 0.303. The first-order valence-electron chi connectivity index (χ1n) is 5.48. The van der Waals surface area contributed by atoms with Crippen molar-refractivity contribution in [2.45, 2.75) is 6.61 Å². The van der Waals surface area contributed by atoms with Gasteiger partial charge in [-0.05, 0) is 12.1 Å². The summed E-state index contributed by atoms with van der Waals surface area (Å²) in [4.78, 5) is 15.7. The fraction of sp³-hybridized carbons (Fsp3) is 0.231. The summed E-state index contributed by atoms with van der Waals surface area (Å²) in [5, 5.41) is 0. The molecule has 1 aromatic heterocycles. The van der Waals surface area contributed by atoms with Gasteiger partial charge in [0.15, 0.2) is 0 Å². The third-order valence-corrected chi connectivity index (χ3v) is 2.57. The minimum atomic E-state index is -0.412. The van der Waals surface area contributed by atoms with E-state index in [1.54, 1.807) is 30.5 Å². The third-order valence-electron chi connectivity index (χ3n) is 2.57. The van der Waals surface area contributed by atoms with Crippen molar-refractivity contribution in [3.05, 3.63) is 48.0 Å². The summed E-state index contributed by atoms with van der Waals surface area (Å²) in [5.41, 5.74) is 0.411. The molecule has 2 aromatic rings. The number of carbonyl (C=O) groups excluding carboxylic acids is 1. The number of carbonyl (C=O) groups is 1. The molecule has 0 bridgehead atoms. The van der Waals surface area contributed by atoms with Gasteiger partial charge in [0.1, 0.15) is 23.7 Å². The van der Waals surface area contributed by atoms with Crippen LogP contribution in [0.25, 0.3) is 0 Å². The number of rotatable bonds is 4. The van der Waals surface area contributed by atoms with Crippen molar-refractivity contribution in [1.29, 1.82) is 0 Å². The van der Waals surface area contributed by atoms with E-state index >= 15 is 0 Å². The average molecular weight is 246 g/mol. The zero-order valence-corrected chi connectivity index (χ0v) is 10.3. The van der Waals surface area contributed by atoms with Gasteiger partial charge in [-0.2, -0.15) is 0 Å². The SMILES string of the molecule is COC(=O)c1ccccc1OCc1nccn1C. The molecule has 1 aromatic carbocycles. The molecule has 0 saturated carbocycles. The molecule has 0 aliphatic heterocycles. The van der Waals surface area contributed by atoms with Gasteiger partial charge >= 0.3 is 5.97 Å². The van der Waals surface area contributed by atoms with Crippen molar-refractivity contribution < 1.29 is 14.3 Å². The zero-order chi connectivity index (χ0) is 13.0. The van der Waals surface area contributed by atoms with Gasteiger partial charge in [0, 0.05) is 19.4 Å². The van der Waals surface area contributed by atoms with E-state index in [1.165, 1.54) is 7.11 Å². The Hall–Kier alpha value is -2.30. The second-order valence-corrected chi connectivity index (χ2v) is 3.73. The van der Waals surface area contributed by atoms with Crippen LogP contribution in [-0.2, 0) is 18.4 Å². The molecule has 5 heteroatoms. The standard InChI is InChI=1S/C13H14N2O3/c1-15-8-7-14-12(15)9-18-11-6-4-3-5-10(11)13(16)17-2/h3-8H,9H2,1-2H3. The van der Waals surface area contributed by atoms with Crippen LogP contribution in [0, 0.1) is 0 Å². The van der Waals surface area contributed by atoms with Crippen molar-refractivity contribution in [3.8, 4) is 5.75 Å². The van der Waals surface area contributed by atoms with E-state index in [0.717, 1.165) is 5.82 Å². The molecule has 0 unspecified atom stereocenters. The van der Waals surface area contributed by atoms with E-state index in [0.29, 0.717) is 17.9 Å². The number of nitrogens with zero attached hydrogens (tertiary/aromatic N) is 2. The van der Waals surface area contributed by atoms with Crippen LogP contribution in [0.5, 0.6) is 5.75 Å². The molecule has 0 amide bonds. The number of aryl methyl sites for hydroxylation is 1. The second kappa shape index (κ2) is 5.35. The van der Waals surface area contributed by atoms with Crippen molar-refractivity contribution in [2.75, 3.05) is 7.11 Å². The minimum Gasteiger partial charge on any atom is -0.485 e. The highest BCUT2D eigenvalue weighted by Gasteiger charge is 2.12. The smallest absolute Gasteiger partial charge is 0.341 e. The number of hydrogen-bond donors (Lipinski definition) is 0. The predicted molar refractivity (Wildman–Crippen MR) is 65.3 cm³/mol. The molecule has 0 N–H and O–H groups in total. The Bertz CT molecular complexity index is 549. The van der Waals surface area contributed by atoms with E-state index in [-0.39, 0.29) is 0 Å². The largest absolute Gasteiger partial charge is 0.485 e.